The molecule has 2 N–H and O–H groups in total. The molecule has 0 aliphatic heterocycles. The average molecular weight is 340 g/mol. The molecule has 1 aliphatic carbocycles. The molecule has 2 heterocycles. The molecule has 0 spiro atoms. The summed E-state index contributed by atoms with van der Waals surface area (Å²) in [5, 5.41) is 3.56. The molecular weight excluding hydrogens is 326 g/mol. The smallest absolute Gasteiger partial charge is 0.273 e. The molecule has 0 radical (unpaired) electrons. The Hall–Kier alpha value is -1.14. The summed E-state index contributed by atoms with van der Waals surface area (Å²) in [5.41, 5.74) is 1.69. The summed E-state index contributed by atoms with van der Waals surface area (Å²) in [5.74, 6) is 0.570. The second-order valence-corrected chi connectivity index (χ2v) is 6.92. The zero-order valence-corrected chi connectivity index (χ0v) is 12.9. The summed E-state index contributed by atoms with van der Waals surface area (Å²) in [6.45, 7) is 2.26. The molecular formula is C13H14BrN3OS. The first kappa shape index (κ1) is 12.9. The number of aromatic nitrogens is 2. The summed E-state index contributed by atoms with van der Waals surface area (Å²) in [6.07, 6.45) is 5.03. The van der Waals surface area contributed by atoms with E-state index < -0.39 is 0 Å². The standard InChI is InChI=1S/C13H14BrN3OS/c1-7-2-3-9-11(4-7)19-13(16-9)17-12(18)10-5-8(14)6-15-10/h5-7,15H,2-4H2,1H3,(H,16,17,18). The molecule has 2 aromatic rings. The van der Waals surface area contributed by atoms with Crippen LogP contribution in [0.15, 0.2) is 16.7 Å². The topological polar surface area (TPSA) is 57.8 Å². The molecule has 4 nitrogen and oxygen atoms in total. The first-order valence-corrected chi connectivity index (χ1v) is 7.86. The Balaban J connectivity index is 1.75. The van der Waals surface area contributed by atoms with Crippen molar-refractivity contribution >= 4 is 38.3 Å². The Labute approximate surface area is 123 Å². The van der Waals surface area contributed by atoms with E-state index in [2.05, 4.69) is 38.1 Å². The van der Waals surface area contributed by atoms with Gasteiger partial charge in [0.2, 0.25) is 0 Å². The van der Waals surface area contributed by atoms with Gasteiger partial charge in [0, 0.05) is 15.5 Å². The number of halogens is 1. The molecule has 3 rings (SSSR count). The highest BCUT2D eigenvalue weighted by Gasteiger charge is 2.20. The molecule has 100 valence electrons. The molecule has 0 fully saturated rings. The number of fused-ring (bicyclic) bond motifs is 1. The van der Waals surface area contributed by atoms with Crippen molar-refractivity contribution < 1.29 is 4.79 Å². The minimum Gasteiger partial charge on any atom is -0.356 e. The second-order valence-electron chi connectivity index (χ2n) is 4.92. The number of aryl methyl sites for hydroxylation is 1. The Morgan fingerprint density at radius 1 is 1.63 bits per heavy atom. The van der Waals surface area contributed by atoms with Crippen LogP contribution in [0.1, 0.15) is 34.4 Å². The van der Waals surface area contributed by atoms with Gasteiger partial charge in [-0.05, 0) is 47.2 Å². The fourth-order valence-corrected chi connectivity index (χ4v) is 3.77. The third-order valence-corrected chi connectivity index (χ3v) is 4.79. The van der Waals surface area contributed by atoms with Crippen LogP contribution in [-0.4, -0.2) is 15.9 Å². The molecule has 1 amide bonds. The van der Waals surface area contributed by atoms with Crippen LogP contribution in [0.25, 0.3) is 0 Å². The van der Waals surface area contributed by atoms with Gasteiger partial charge in [0.1, 0.15) is 5.69 Å². The van der Waals surface area contributed by atoms with Gasteiger partial charge in [0.15, 0.2) is 5.13 Å². The van der Waals surface area contributed by atoms with Gasteiger partial charge < -0.3 is 4.98 Å². The summed E-state index contributed by atoms with van der Waals surface area (Å²) in [6, 6.07) is 1.75. The lowest BCUT2D eigenvalue weighted by Gasteiger charge is -2.15. The number of rotatable bonds is 2. The van der Waals surface area contributed by atoms with Crippen LogP contribution in [0.5, 0.6) is 0 Å². The number of nitrogens with one attached hydrogen (secondary N) is 2. The monoisotopic (exact) mass is 339 g/mol. The highest BCUT2D eigenvalue weighted by Crippen LogP contribution is 2.32. The molecule has 0 aromatic carbocycles. The summed E-state index contributed by atoms with van der Waals surface area (Å²) in [7, 11) is 0. The molecule has 0 bridgehead atoms. The zero-order chi connectivity index (χ0) is 13.4. The Kier molecular flexibility index (Phi) is 3.45. The Morgan fingerprint density at radius 2 is 2.47 bits per heavy atom. The van der Waals surface area contributed by atoms with Gasteiger partial charge >= 0.3 is 0 Å². The zero-order valence-electron chi connectivity index (χ0n) is 10.5. The van der Waals surface area contributed by atoms with Crippen molar-refractivity contribution in [1.82, 2.24) is 9.97 Å². The maximum Gasteiger partial charge on any atom is 0.273 e. The van der Waals surface area contributed by atoms with Crippen LogP contribution in [0.2, 0.25) is 0 Å². The summed E-state index contributed by atoms with van der Waals surface area (Å²) >= 11 is 4.91. The van der Waals surface area contributed by atoms with Crippen LogP contribution in [0, 0.1) is 5.92 Å². The van der Waals surface area contributed by atoms with Crippen molar-refractivity contribution in [2.24, 2.45) is 5.92 Å². The largest absolute Gasteiger partial charge is 0.356 e. The number of carbonyl (C=O) groups is 1. The van der Waals surface area contributed by atoms with E-state index in [0.717, 1.165) is 28.9 Å². The van der Waals surface area contributed by atoms with Crippen LogP contribution in [0.3, 0.4) is 0 Å². The van der Waals surface area contributed by atoms with E-state index in [0.29, 0.717) is 10.8 Å². The van der Waals surface area contributed by atoms with Crippen LogP contribution >= 0.6 is 27.3 Å². The van der Waals surface area contributed by atoms with E-state index in [4.69, 9.17) is 0 Å². The number of hydrogen-bond donors (Lipinski definition) is 2. The van der Waals surface area contributed by atoms with Crippen molar-refractivity contribution in [2.45, 2.75) is 26.2 Å². The van der Waals surface area contributed by atoms with Gasteiger partial charge in [-0.3, -0.25) is 10.1 Å². The van der Waals surface area contributed by atoms with Crippen LogP contribution in [0.4, 0.5) is 5.13 Å². The predicted octanol–water partition coefficient (Wildman–Crippen LogP) is 3.61. The van der Waals surface area contributed by atoms with Crippen molar-refractivity contribution in [3.05, 3.63) is 33.0 Å². The number of amides is 1. The first-order valence-electron chi connectivity index (χ1n) is 6.25. The van der Waals surface area contributed by atoms with Crippen molar-refractivity contribution in [3.8, 4) is 0 Å². The number of thiazole rings is 1. The number of H-pyrrole nitrogens is 1. The molecule has 19 heavy (non-hydrogen) atoms. The normalized spacial score (nSPS) is 18.1. The van der Waals surface area contributed by atoms with E-state index in [1.165, 1.54) is 11.3 Å². The van der Waals surface area contributed by atoms with Gasteiger partial charge in [-0.15, -0.1) is 11.3 Å². The highest BCUT2D eigenvalue weighted by atomic mass is 79.9. The van der Waals surface area contributed by atoms with E-state index in [1.807, 2.05) is 0 Å². The minimum absolute atomic E-state index is 0.148. The highest BCUT2D eigenvalue weighted by molar-refractivity contribution is 9.10. The fraction of sp³-hybridized carbons (Fsp3) is 0.385. The molecule has 6 heteroatoms. The van der Waals surface area contributed by atoms with Gasteiger partial charge in [-0.1, -0.05) is 6.92 Å². The van der Waals surface area contributed by atoms with Crippen LogP contribution < -0.4 is 5.32 Å². The number of hydrogen-bond acceptors (Lipinski definition) is 3. The predicted molar refractivity (Wildman–Crippen MR) is 79.7 cm³/mol. The minimum atomic E-state index is -0.148. The third kappa shape index (κ3) is 2.74. The maximum absolute atomic E-state index is 12.0. The Bertz CT molecular complexity index is 619. The average Bonchev–Trinajstić information content (AvgIpc) is 2.94. The SMILES string of the molecule is CC1CCc2nc(NC(=O)c3cc(Br)c[nH]3)sc2C1. The van der Waals surface area contributed by atoms with E-state index in [1.54, 1.807) is 23.6 Å². The van der Waals surface area contributed by atoms with E-state index in [-0.39, 0.29) is 5.91 Å². The number of anilines is 1. The quantitative estimate of drug-likeness (QED) is 0.877. The van der Waals surface area contributed by atoms with E-state index in [9.17, 15) is 4.79 Å². The lowest BCUT2D eigenvalue weighted by atomic mass is 9.93. The van der Waals surface area contributed by atoms with Gasteiger partial charge in [-0.2, -0.15) is 0 Å². The molecule has 1 atom stereocenters. The molecule has 2 aromatic heterocycles. The fourth-order valence-electron chi connectivity index (χ4n) is 2.26. The van der Waals surface area contributed by atoms with Gasteiger partial charge in [-0.25, -0.2) is 4.98 Å². The third-order valence-electron chi connectivity index (χ3n) is 3.30. The van der Waals surface area contributed by atoms with Crippen molar-refractivity contribution in [2.75, 3.05) is 5.32 Å². The lowest BCUT2D eigenvalue weighted by Crippen LogP contribution is -2.12. The molecule has 1 unspecified atom stereocenters. The second kappa shape index (κ2) is 5.09. The van der Waals surface area contributed by atoms with Crippen molar-refractivity contribution in [1.29, 1.82) is 0 Å². The maximum atomic E-state index is 12.0. The lowest BCUT2D eigenvalue weighted by molar-refractivity contribution is 0.102. The summed E-state index contributed by atoms with van der Waals surface area (Å²) < 4.78 is 0.866. The summed E-state index contributed by atoms with van der Waals surface area (Å²) in [4.78, 5) is 20.8. The molecule has 1 aliphatic rings. The molecule has 0 saturated heterocycles. The Morgan fingerprint density at radius 3 is 3.21 bits per heavy atom. The number of nitrogens with zero attached hydrogens (tertiary/aromatic N) is 1. The molecule has 0 saturated carbocycles. The van der Waals surface area contributed by atoms with Crippen molar-refractivity contribution in [3.63, 3.8) is 0 Å². The number of aromatic amines is 1. The number of carbonyl (C=O) groups excluding carboxylic acids is 1. The first-order chi connectivity index (χ1) is 9.11. The van der Waals surface area contributed by atoms with Crippen LogP contribution in [-0.2, 0) is 12.8 Å². The van der Waals surface area contributed by atoms with Gasteiger partial charge in [0.25, 0.3) is 5.91 Å². The van der Waals surface area contributed by atoms with E-state index >= 15 is 0 Å². The van der Waals surface area contributed by atoms with Gasteiger partial charge in [0.05, 0.1) is 5.69 Å².